The largest absolute Gasteiger partial charge is 0.508 e. The lowest BCUT2D eigenvalue weighted by molar-refractivity contribution is -0.122. The van der Waals surface area contributed by atoms with Crippen LogP contribution in [0.3, 0.4) is 0 Å². The Kier molecular flexibility index (Phi) is 3.87. The molecule has 0 radical (unpaired) electrons. The number of nitrogens with two attached hydrogens (primary N) is 1. The highest BCUT2D eigenvalue weighted by Crippen LogP contribution is 2.28. The van der Waals surface area contributed by atoms with Crippen LogP contribution in [-0.4, -0.2) is 23.1 Å². The van der Waals surface area contributed by atoms with E-state index in [9.17, 15) is 9.90 Å². The summed E-state index contributed by atoms with van der Waals surface area (Å²) < 4.78 is 0. The van der Waals surface area contributed by atoms with Gasteiger partial charge in [-0.05, 0) is 30.5 Å². The van der Waals surface area contributed by atoms with Crippen LogP contribution in [0.25, 0.3) is 0 Å². The molecule has 1 aliphatic carbocycles. The van der Waals surface area contributed by atoms with E-state index in [-0.39, 0.29) is 17.2 Å². The maximum absolute atomic E-state index is 12.0. The molecule has 1 aromatic rings. The first-order valence-electron chi connectivity index (χ1n) is 6.43. The molecule has 98 valence electrons. The third-order valence-corrected chi connectivity index (χ3v) is 3.66. The molecule has 18 heavy (non-hydrogen) atoms. The van der Waals surface area contributed by atoms with Gasteiger partial charge in [0.1, 0.15) is 5.75 Å². The quantitative estimate of drug-likeness (QED) is 0.752. The molecule has 0 aliphatic heterocycles. The van der Waals surface area contributed by atoms with Crippen LogP contribution in [0.1, 0.15) is 31.2 Å². The average molecular weight is 248 g/mol. The van der Waals surface area contributed by atoms with Crippen molar-refractivity contribution in [2.24, 2.45) is 5.73 Å². The highest BCUT2D eigenvalue weighted by atomic mass is 16.3. The van der Waals surface area contributed by atoms with Gasteiger partial charge in [-0.15, -0.1) is 0 Å². The second-order valence-electron chi connectivity index (χ2n) is 5.08. The van der Waals surface area contributed by atoms with E-state index in [0.29, 0.717) is 13.0 Å². The van der Waals surface area contributed by atoms with Crippen molar-refractivity contribution in [1.82, 2.24) is 5.32 Å². The zero-order valence-electron chi connectivity index (χ0n) is 10.5. The second kappa shape index (κ2) is 5.40. The minimum atomic E-state index is -0.187. The zero-order chi connectivity index (χ0) is 13.0. The van der Waals surface area contributed by atoms with E-state index < -0.39 is 0 Å². The fourth-order valence-corrected chi connectivity index (χ4v) is 2.57. The van der Waals surface area contributed by atoms with Crippen molar-refractivity contribution in [2.45, 2.75) is 37.6 Å². The zero-order valence-corrected chi connectivity index (χ0v) is 10.5. The lowest BCUT2D eigenvalue weighted by Crippen LogP contribution is -2.52. The number of rotatable bonds is 4. The normalized spacial score (nSPS) is 17.6. The molecule has 1 saturated carbocycles. The molecule has 4 nitrogen and oxygen atoms in total. The second-order valence-corrected chi connectivity index (χ2v) is 5.08. The van der Waals surface area contributed by atoms with Gasteiger partial charge in [0, 0.05) is 6.54 Å². The van der Waals surface area contributed by atoms with E-state index in [1.54, 1.807) is 24.3 Å². The summed E-state index contributed by atoms with van der Waals surface area (Å²) in [6.45, 7) is 0.508. The summed E-state index contributed by atoms with van der Waals surface area (Å²) in [5.74, 6) is 0.224. The van der Waals surface area contributed by atoms with E-state index >= 15 is 0 Å². The summed E-state index contributed by atoms with van der Waals surface area (Å²) in [7, 11) is 0. The highest BCUT2D eigenvalue weighted by Gasteiger charge is 2.33. The monoisotopic (exact) mass is 248 g/mol. The van der Waals surface area contributed by atoms with E-state index in [1.807, 2.05) is 0 Å². The number of hydrogen-bond donors (Lipinski definition) is 3. The predicted molar refractivity (Wildman–Crippen MR) is 70.2 cm³/mol. The Morgan fingerprint density at radius 2 is 1.89 bits per heavy atom. The lowest BCUT2D eigenvalue weighted by Gasteiger charge is -2.28. The minimum Gasteiger partial charge on any atom is -0.508 e. The van der Waals surface area contributed by atoms with E-state index in [2.05, 4.69) is 5.32 Å². The van der Waals surface area contributed by atoms with Crippen molar-refractivity contribution in [3.63, 3.8) is 0 Å². The molecule has 0 atom stereocenters. The van der Waals surface area contributed by atoms with E-state index in [4.69, 9.17) is 5.73 Å². The molecule has 4 heteroatoms. The SMILES string of the molecule is NCC1(NC(=O)Cc2ccc(O)cc2)CCCC1. The average Bonchev–Trinajstić information content (AvgIpc) is 2.81. The molecule has 1 fully saturated rings. The van der Waals surface area contributed by atoms with Crippen LogP contribution in [0.15, 0.2) is 24.3 Å². The molecule has 1 aliphatic rings. The van der Waals surface area contributed by atoms with Crippen molar-refractivity contribution in [2.75, 3.05) is 6.54 Å². The summed E-state index contributed by atoms with van der Waals surface area (Å²) in [4.78, 5) is 12.0. The van der Waals surface area contributed by atoms with Gasteiger partial charge in [0.05, 0.1) is 12.0 Å². The van der Waals surface area contributed by atoms with E-state index in [0.717, 1.165) is 31.2 Å². The molecule has 4 N–H and O–H groups in total. The van der Waals surface area contributed by atoms with Gasteiger partial charge in [-0.25, -0.2) is 0 Å². The smallest absolute Gasteiger partial charge is 0.224 e. The van der Waals surface area contributed by atoms with Crippen LogP contribution in [0.5, 0.6) is 5.75 Å². The predicted octanol–water partition coefficient (Wildman–Crippen LogP) is 1.32. The van der Waals surface area contributed by atoms with Gasteiger partial charge in [-0.2, -0.15) is 0 Å². The molecule has 2 rings (SSSR count). The Morgan fingerprint density at radius 3 is 2.44 bits per heavy atom. The fraction of sp³-hybridized carbons (Fsp3) is 0.500. The first kappa shape index (κ1) is 12.9. The number of nitrogens with one attached hydrogen (secondary N) is 1. The van der Waals surface area contributed by atoms with Crippen LogP contribution in [0, 0.1) is 0 Å². The van der Waals surface area contributed by atoms with Gasteiger partial charge in [-0.3, -0.25) is 4.79 Å². The van der Waals surface area contributed by atoms with Crippen LogP contribution < -0.4 is 11.1 Å². The number of aromatic hydroxyl groups is 1. The number of phenolic OH excluding ortho intramolecular Hbond substituents is 1. The van der Waals surface area contributed by atoms with Crippen LogP contribution >= 0.6 is 0 Å². The molecule has 0 saturated heterocycles. The van der Waals surface area contributed by atoms with Gasteiger partial charge in [0.2, 0.25) is 5.91 Å². The van der Waals surface area contributed by atoms with E-state index in [1.165, 1.54) is 0 Å². The Hall–Kier alpha value is -1.55. The van der Waals surface area contributed by atoms with Crippen LogP contribution in [0.2, 0.25) is 0 Å². The number of amides is 1. The third kappa shape index (κ3) is 3.01. The maximum Gasteiger partial charge on any atom is 0.224 e. The molecule has 1 amide bonds. The van der Waals surface area contributed by atoms with Gasteiger partial charge < -0.3 is 16.2 Å². The highest BCUT2D eigenvalue weighted by molar-refractivity contribution is 5.79. The standard InChI is InChI=1S/C14H20N2O2/c15-10-14(7-1-2-8-14)16-13(18)9-11-3-5-12(17)6-4-11/h3-6,17H,1-2,7-10,15H2,(H,16,18). The molecule has 0 bridgehead atoms. The molecule has 0 heterocycles. The first-order chi connectivity index (χ1) is 8.63. The third-order valence-electron chi connectivity index (χ3n) is 3.66. The van der Waals surface area contributed by atoms with Crippen molar-refractivity contribution in [3.05, 3.63) is 29.8 Å². The number of benzene rings is 1. The van der Waals surface area contributed by atoms with Crippen LogP contribution in [0.4, 0.5) is 0 Å². The summed E-state index contributed by atoms with van der Waals surface area (Å²) >= 11 is 0. The fourth-order valence-electron chi connectivity index (χ4n) is 2.57. The van der Waals surface area contributed by atoms with Crippen molar-refractivity contribution in [1.29, 1.82) is 0 Å². The molecule has 0 spiro atoms. The van der Waals surface area contributed by atoms with Gasteiger partial charge >= 0.3 is 0 Å². The molecule has 0 aromatic heterocycles. The summed E-state index contributed by atoms with van der Waals surface area (Å²) in [5, 5.41) is 12.3. The summed E-state index contributed by atoms with van der Waals surface area (Å²) in [6, 6.07) is 6.71. The number of carbonyl (C=O) groups excluding carboxylic acids is 1. The summed E-state index contributed by atoms with van der Waals surface area (Å²) in [6.07, 6.45) is 4.56. The van der Waals surface area contributed by atoms with Crippen LogP contribution in [-0.2, 0) is 11.2 Å². The first-order valence-corrected chi connectivity index (χ1v) is 6.43. The molecular formula is C14H20N2O2. The topological polar surface area (TPSA) is 75.3 Å². The molecule has 0 unspecified atom stereocenters. The maximum atomic E-state index is 12.0. The van der Waals surface area contributed by atoms with Crippen molar-refractivity contribution >= 4 is 5.91 Å². The van der Waals surface area contributed by atoms with Gasteiger partial charge in [0.15, 0.2) is 0 Å². The number of phenols is 1. The number of carbonyl (C=O) groups is 1. The molecule has 1 aromatic carbocycles. The summed E-state index contributed by atoms with van der Waals surface area (Å²) in [5.41, 5.74) is 6.49. The Labute approximate surface area is 107 Å². The Bertz CT molecular complexity index is 408. The minimum absolute atomic E-state index is 0.00744. The molecular weight excluding hydrogens is 228 g/mol. The van der Waals surface area contributed by atoms with Gasteiger partial charge in [0.25, 0.3) is 0 Å². The lowest BCUT2D eigenvalue weighted by atomic mass is 9.97. The number of hydrogen-bond acceptors (Lipinski definition) is 3. The van der Waals surface area contributed by atoms with Gasteiger partial charge in [-0.1, -0.05) is 25.0 Å². The Balaban J connectivity index is 1.94. The van der Waals surface area contributed by atoms with Crippen molar-refractivity contribution in [3.8, 4) is 5.75 Å². The Morgan fingerprint density at radius 1 is 1.28 bits per heavy atom. The van der Waals surface area contributed by atoms with Crippen molar-refractivity contribution < 1.29 is 9.90 Å².